The SMILES string of the molecule is CNC(C)(CSc1ccncn1)C(=O)OC. The molecule has 0 saturated carbocycles. The predicted octanol–water partition coefficient (Wildman–Crippen LogP) is 0.720. The van der Waals surface area contributed by atoms with Gasteiger partial charge in [-0.05, 0) is 20.0 Å². The van der Waals surface area contributed by atoms with Gasteiger partial charge in [0.15, 0.2) is 0 Å². The first-order chi connectivity index (χ1) is 7.62. The number of thioether (sulfide) groups is 1. The molecule has 0 aliphatic rings. The Labute approximate surface area is 99.0 Å². The van der Waals surface area contributed by atoms with Gasteiger partial charge in [-0.25, -0.2) is 9.97 Å². The zero-order valence-corrected chi connectivity index (χ0v) is 10.4. The van der Waals surface area contributed by atoms with E-state index in [0.29, 0.717) is 5.75 Å². The molecule has 0 fully saturated rings. The van der Waals surface area contributed by atoms with Crippen molar-refractivity contribution >= 4 is 17.7 Å². The molecular weight excluding hydrogens is 226 g/mol. The molecule has 1 atom stereocenters. The van der Waals surface area contributed by atoms with Crippen LogP contribution in [0.15, 0.2) is 23.6 Å². The summed E-state index contributed by atoms with van der Waals surface area (Å²) in [6.45, 7) is 1.80. The van der Waals surface area contributed by atoms with Crippen molar-refractivity contribution in [1.82, 2.24) is 15.3 Å². The van der Waals surface area contributed by atoms with E-state index in [2.05, 4.69) is 15.3 Å². The number of hydrogen-bond donors (Lipinski definition) is 1. The number of nitrogens with zero attached hydrogens (tertiary/aromatic N) is 2. The van der Waals surface area contributed by atoms with Gasteiger partial charge in [-0.3, -0.25) is 4.79 Å². The van der Waals surface area contributed by atoms with Crippen LogP contribution in [0.1, 0.15) is 6.92 Å². The minimum absolute atomic E-state index is 0.281. The summed E-state index contributed by atoms with van der Waals surface area (Å²) in [4.78, 5) is 19.5. The third-order valence-corrected chi connectivity index (χ3v) is 3.51. The van der Waals surface area contributed by atoms with Gasteiger partial charge in [-0.2, -0.15) is 0 Å². The second-order valence-electron chi connectivity index (χ2n) is 3.41. The maximum atomic E-state index is 11.6. The second-order valence-corrected chi connectivity index (χ2v) is 4.41. The number of likely N-dealkylation sites (N-methyl/N-ethyl adjacent to an activating group) is 1. The highest BCUT2D eigenvalue weighted by atomic mass is 32.2. The molecule has 0 amide bonds. The molecular formula is C10H15N3O2S. The molecule has 0 bridgehead atoms. The fraction of sp³-hybridized carbons (Fsp3) is 0.500. The Bertz CT molecular complexity index is 347. The molecule has 0 aliphatic carbocycles. The summed E-state index contributed by atoms with van der Waals surface area (Å²) in [7, 11) is 3.12. The van der Waals surface area contributed by atoms with Crippen molar-refractivity contribution in [3.05, 3.63) is 18.6 Å². The first kappa shape index (κ1) is 12.9. The van der Waals surface area contributed by atoms with Gasteiger partial charge in [-0.15, -0.1) is 11.8 Å². The van der Waals surface area contributed by atoms with E-state index in [4.69, 9.17) is 4.74 Å². The van der Waals surface area contributed by atoms with Crippen molar-refractivity contribution in [2.24, 2.45) is 0 Å². The number of nitrogens with one attached hydrogen (secondary N) is 1. The fourth-order valence-corrected chi connectivity index (χ4v) is 2.02. The van der Waals surface area contributed by atoms with Crippen LogP contribution < -0.4 is 5.32 Å². The van der Waals surface area contributed by atoms with Crippen molar-refractivity contribution in [2.75, 3.05) is 19.9 Å². The summed E-state index contributed by atoms with van der Waals surface area (Å²) < 4.78 is 4.75. The van der Waals surface area contributed by atoms with Crippen molar-refractivity contribution in [3.8, 4) is 0 Å². The Kier molecular flexibility index (Phi) is 4.70. The molecule has 1 N–H and O–H groups in total. The van der Waals surface area contributed by atoms with E-state index in [9.17, 15) is 4.79 Å². The summed E-state index contributed by atoms with van der Waals surface area (Å²) in [5, 5.41) is 3.79. The summed E-state index contributed by atoms with van der Waals surface area (Å²) in [5.74, 6) is 0.268. The molecule has 0 aliphatic heterocycles. The predicted molar refractivity (Wildman–Crippen MR) is 62.2 cm³/mol. The number of esters is 1. The van der Waals surface area contributed by atoms with Crippen LogP contribution >= 0.6 is 11.8 Å². The van der Waals surface area contributed by atoms with E-state index in [1.54, 1.807) is 26.2 Å². The van der Waals surface area contributed by atoms with Crippen molar-refractivity contribution in [3.63, 3.8) is 0 Å². The van der Waals surface area contributed by atoms with Crippen LogP contribution in [-0.4, -0.2) is 41.4 Å². The van der Waals surface area contributed by atoms with Gasteiger partial charge in [-0.1, -0.05) is 0 Å². The van der Waals surface area contributed by atoms with E-state index in [1.165, 1.54) is 25.2 Å². The molecule has 6 heteroatoms. The molecule has 0 radical (unpaired) electrons. The average molecular weight is 241 g/mol. The Morgan fingerprint density at radius 2 is 2.44 bits per heavy atom. The standard InChI is InChI=1S/C10H15N3O2S/c1-10(11-2,9(14)15-3)6-16-8-4-5-12-7-13-8/h4-5,7,11H,6H2,1-3H3. The highest BCUT2D eigenvalue weighted by molar-refractivity contribution is 7.99. The third-order valence-electron chi connectivity index (χ3n) is 2.25. The number of carbonyl (C=O) groups is 1. The molecule has 1 unspecified atom stereocenters. The topological polar surface area (TPSA) is 64.1 Å². The van der Waals surface area contributed by atoms with Crippen LogP contribution in [0.4, 0.5) is 0 Å². The van der Waals surface area contributed by atoms with Gasteiger partial charge < -0.3 is 10.1 Å². The fourth-order valence-electron chi connectivity index (χ4n) is 1.04. The van der Waals surface area contributed by atoms with Crippen LogP contribution in [-0.2, 0) is 9.53 Å². The smallest absolute Gasteiger partial charge is 0.326 e. The summed E-state index contributed by atoms with van der Waals surface area (Å²) in [6.07, 6.45) is 3.15. The molecule has 0 spiro atoms. The van der Waals surface area contributed by atoms with E-state index in [1.807, 2.05) is 0 Å². The Morgan fingerprint density at radius 1 is 1.69 bits per heavy atom. The molecule has 1 aromatic heterocycles. The number of hydrogen-bond acceptors (Lipinski definition) is 6. The lowest BCUT2D eigenvalue weighted by atomic mass is 10.1. The lowest BCUT2D eigenvalue weighted by Gasteiger charge is -2.25. The van der Waals surface area contributed by atoms with Gasteiger partial charge in [0, 0.05) is 11.9 Å². The maximum absolute atomic E-state index is 11.6. The summed E-state index contributed by atoms with van der Waals surface area (Å²) in [5.41, 5.74) is -0.704. The second kappa shape index (κ2) is 5.81. The van der Waals surface area contributed by atoms with Crippen molar-refractivity contribution < 1.29 is 9.53 Å². The van der Waals surface area contributed by atoms with E-state index in [-0.39, 0.29) is 5.97 Å². The first-order valence-electron chi connectivity index (χ1n) is 4.78. The normalized spacial score (nSPS) is 14.2. The van der Waals surface area contributed by atoms with E-state index in [0.717, 1.165) is 5.03 Å². The minimum Gasteiger partial charge on any atom is -0.468 e. The van der Waals surface area contributed by atoms with Gasteiger partial charge in [0.05, 0.1) is 12.1 Å². The molecule has 88 valence electrons. The Hall–Kier alpha value is -1.14. The van der Waals surface area contributed by atoms with Crippen LogP contribution in [0.2, 0.25) is 0 Å². The molecule has 0 saturated heterocycles. The number of aromatic nitrogens is 2. The zero-order chi connectivity index (χ0) is 12.0. The van der Waals surface area contributed by atoms with Crippen molar-refractivity contribution in [2.45, 2.75) is 17.5 Å². The lowest BCUT2D eigenvalue weighted by molar-refractivity contribution is -0.146. The van der Waals surface area contributed by atoms with E-state index >= 15 is 0 Å². The molecule has 16 heavy (non-hydrogen) atoms. The van der Waals surface area contributed by atoms with Gasteiger partial charge >= 0.3 is 5.97 Å². The van der Waals surface area contributed by atoms with Crippen LogP contribution in [0.3, 0.4) is 0 Å². The minimum atomic E-state index is -0.704. The molecule has 1 rings (SSSR count). The number of methoxy groups -OCH3 is 1. The summed E-state index contributed by atoms with van der Waals surface area (Å²) >= 11 is 1.48. The van der Waals surface area contributed by atoms with E-state index < -0.39 is 5.54 Å². The maximum Gasteiger partial charge on any atom is 0.326 e. The lowest BCUT2D eigenvalue weighted by Crippen LogP contribution is -2.50. The molecule has 5 nitrogen and oxygen atoms in total. The first-order valence-corrected chi connectivity index (χ1v) is 5.77. The third kappa shape index (κ3) is 3.18. The summed E-state index contributed by atoms with van der Waals surface area (Å²) in [6, 6.07) is 1.80. The van der Waals surface area contributed by atoms with Gasteiger partial charge in [0.25, 0.3) is 0 Å². The quantitative estimate of drug-likeness (QED) is 0.465. The zero-order valence-electron chi connectivity index (χ0n) is 9.56. The largest absolute Gasteiger partial charge is 0.468 e. The van der Waals surface area contributed by atoms with Crippen LogP contribution in [0.25, 0.3) is 0 Å². The number of carbonyl (C=O) groups excluding carboxylic acids is 1. The average Bonchev–Trinajstić information content (AvgIpc) is 2.36. The molecule has 0 aromatic carbocycles. The number of ether oxygens (including phenoxy) is 1. The number of rotatable bonds is 5. The van der Waals surface area contributed by atoms with Crippen LogP contribution in [0.5, 0.6) is 0 Å². The highest BCUT2D eigenvalue weighted by Gasteiger charge is 2.32. The van der Waals surface area contributed by atoms with Gasteiger partial charge in [0.2, 0.25) is 0 Å². The van der Waals surface area contributed by atoms with Crippen molar-refractivity contribution in [1.29, 1.82) is 0 Å². The molecule has 1 heterocycles. The monoisotopic (exact) mass is 241 g/mol. The van der Waals surface area contributed by atoms with Crippen LogP contribution in [0, 0.1) is 0 Å². The Morgan fingerprint density at radius 3 is 2.94 bits per heavy atom. The van der Waals surface area contributed by atoms with Gasteiger partial charge in [0.1, 0.15) is 11.9 Å². The highest BCUT2D eigenvalue weighted by Crippen LogP contribution is 2.20. The Balaban J connectivity index is 2.62. The molecule has 1 aromatic rings.